The molecule has 2 heterocycles. The molecule has 0 bridgehead atoms. The van der Waals surface area contributed by atoms with Crippen LogP contribution in [0.15, 0.2) is 41.6 Å². The zero-order valence-corrected chi connectivity index (χ0v) is 12.8. The maximum atomic E-state index is 12.9. The predicted molar refractivity (Wildman–Crippen MR) is 80.8 cm³/mol. The zero-order valence-electron chi connectivity index (χ0n) is 12.0. The van der Waals surface area contributed by atoms with Gasteiger partial charge >= 0.3 is 5.97 Å². The number of carboxylic acid groups (broad SMARTS) is 1. The second kappa shape index (κ2) is 5.33. The molecule has 0 unspecified atom stereocenters. The Morgan fingerprint density at radius 2 is 2.09 bits per heavy atom. The summed E-state index contributed by atoms with van der Waals surface area (Å²) in [6, 6.07) is 6.69. The first-order chi connectivity index (χ1) is 10.4. The predicted octanol–water partition coefficient (Wildman–Crippen LogP) is 1.58. The number of pyridine rings is 1. The number of benzene rings is 1. The molecule has 1 aliphatic rings. The SMILES string of the molecule is C[C@@H]1CN(S(=O)(=O)c2cccc3cnccc23)C[C@H]1C(=O)O. The van der Waals surface area contributed by atoms with Crippen molar-refractivity contribution in [2.24, 2.45) is 11.8 Å². The summed E-state index contributed by atoms with van der Waals surface area (Å²) < 4.78 is 27.0. The van der Waals surface area contributed by atoms with Crippen molar-refractivity contribution in [1.29, 1.82) is 0 Å². The van der Waals surface area contributed by atoms with Gasteiger partial charge < -0.3 is 5.11 Å². The van der Waals surface area contributed by atoms with Crippen LogP contribution in [0.1, 0.15) is 6.92 Å². The van der Waals surface area contributed by atoms with Gasteiger partial charge in [0, 0.05) is 36.3 Å². The second-order valence-corrected chi connectivity index (χ2v) is 7.50. The highest BCUT2D eigenvalue weighted by molar-refractivity contribution is 7.89. The highest BCUT2D eigenvalue weighted by Crippen LogP contribution is 2.31. The first kappa shape index (κ1) is 14.9. The van der Waals surface area contributed by atoms with E-state index in [1.807, 2.05) is 0 Å². The van der Waals surface area contributed by atoms with Gasteiger partial charge in [-0.3, -0.25) is 9.78 Å². The van der Waals surface area contributed by atoms with Gasteiger partial charge in [-0.15, -0.1) is 0 Å². The number of aliphatic carboxylic acids is 1. The Balaban J connectivity index is 2.05. The highest BCUT2D eigenvalue weighted by atomic mass is 32.2. The average Bonchev–Trinajstić information content (AvgIpc) is 2.89. The van der Waals surface area contributed by atoms with E-state index in [4.69, 9.17) is 0 Å². The van der Waals surface area contributed by atoms with Gasteiger partial charge in [-0.25, -0.2) is 8.42 Å². The van der Waals surface area contributed by atoms with E-state index >= 15 is 0 Å². The molecule has 1 aromatic heterocycles. The normalized spacial score (nSPS) is 23.0. The van der Waals surface area contributed by atoms with Crippen molar-refractivity contribution in [3.05, 3.63) is 36.7 Å². The molecular formula is C15H16N2O4S. The summed E-state index contributed by atoms with van der Waals surface area (Å²) in [6.45, 7) is 2.00. The third-order valence-corrected chi connectivity index (χ3v) is 6.04. The Morgan fingerprint density at radius 3 is 2.77 bits per heavy atom. The Morgan fingerprint density at radius 1 is 1.32 bits per heavy atom. The van der Waals surface area contributed by atoms with Crippen LogP contribution in [-0.2, 0) is 14.8 Å². The number of carbonyl (C=O) groups is 1. The minimum Gasteiger partial charge on any atom is -0.481 e. The van der Waals surface area contributed by atoms with E-state index in [2.05, 4.69) is 4.98 Å². The van der Waals surface area contributed by atoms with Crippen LogP contribution in [0.25, 0.3) is 10.8 Å². The molecule has 1 aromatic carbocycles. The van der Waals surface area contributed by atoms with Crippen molar-refractivity contribution in [1.82, 2.24) is 9.29 Å². The number of sulfonamides is 1. The summed E-state index contributed by atoms with van der Waals surface area (Å²) in [7, 11) is -3.72. The molecule has 0 aliphatic carbocycles. The van der Waals surface area contributed by atoms with E-state index in [0.717, 1.165) is 5.39 Å². The molecule has 116 valence electrons. The molecule has 2 atom stereocenters. The summed E-state index contributed by atoms with van der Waals surface area (Å²) in [5, 5.41) is 10.5. The Kier molecular flexibility index (Phi) is 3.62. The fourth-order valence-corrected chi connectivity index (χ4v) is 4.68. The van der Waals surface area contributed by atoms with Gasteiger partial charge in [0.25, 0.3) is 0 Å². The number of nitrogens with zero attached hydrogens (tertiary/aromatic N) is 2. The van der Waals surface area contributed by atoms with Crippen molar-refractivity contribution in [2.75, 3.05) is 13.1 Å². The summed E-state index contributed by atoms with van der Waals surface area (Å²) in [4.78, 5) is 15.4. The fraction of sp³-hybridized carbons (Fsp3) is 0.333. The lowest BCUT2D eigenvalue weighted by Gasteiger charge is -2.17. The molecule has 1 fully saturated rings. The molecular weight excluding hydrogens is 304 g/mol. The third-order valence-electron chi connectivity index (χ3n) is 4.15. The summed E-state index contributed by atoms with van der Waals surface area (Å²) in [5.41, 5.74) is 0. The van der Waals surface area contributed by atoms with Crippen LogP contribution in [0.5, 0.6) is 0 Å². The van der Waals surface area contributed by atoms with Gasteiger partial charge in [0.15, 0.2) is 0 Å². The molecule has 22 heavy (non-hydrogen) atoms. The summed E-state index contributed by atoms with van der Waals surface area (Å²) in [5.74, 6) is -1.82. The maximum Gasteiger partial charge on any atom is 0.308 e. The molecule has 1 saturated heterocycles. The van der Waals surface area contributed by atoms with Crippen LogP contribution in [-0.4, -0.2) is 41.9 Å². The summed E-state index contributed by atoms with van der Waals surface area (Å²) >= 11 is 0. The van der Waals surface area contributed by atoms with E-state index in [1.165, 1.54) is 4.31 Å². The largest absolute Gasteiger partial charge is 0.481 e. The number of hydrogen-bond acceptors (Lipinski definition) is 4. The Hall–Kier alpha value is -1.99. The van der Waals surface area contributed by atoms with E-state index in [-0.39, 0.29) is 23.9 Å². The standard InChI is InChI=1S/C15H16N2O4S/c1-10-8-17(9-13(10)15(18)19)22(20,21)14-4-2-3-11-7-16-6-5-12(11)14/h2-7,10,13H,8-9H2,1H3,(H,18,19)/t10-,13-/m1/s1. The van der Waals surface area contributed by atoms with Crippen molar-refractivity contribution < 1.29 is 18.3 Å². The fourth-order valence-electron chi connectivity index (χ4n) is 2.90. The van der Waals surface area contributed by atoms with Crippen molar-refractivity contribution in [3.63, 3.8) is 0 Å². The van der Waals surface area contributed by atoms with Gasteiger partial charge in [0.2, 0.25) is 10.0 Å². The Labute approximate surface area is 128 Å². The van der Waals surface area contributed by atoms with Crippen molar-refractivity contribution >= 4 is 26.8 Å². The minimum absolute atomic E-state index is 0.0142. The number of carboxylic acids is 1. The number of aromatic nitrogens is 1. The number of fused-ring (bicyclic) bond motifs is 1. The number of rotatable bonds is 3. The first-order valence-electron chi connectivity index (χ1n) is 6.97. The first-order valence-corrected chi connectivity index (χ1v) is 8.41. The van der Waals surface area contributed by atoms with Crippen LogP contribution in [0.2, 0.25) is 0 Å². The molecule has 0 spiro atoms. The van der Waals surface area contributed by atoms with E-state index in [9.17, 15) is 18.3 Å². The molecule has 3 rings (SSSR count). The quantitative estimate of drug-likeness (QED) is 0.927. The van der Waals surface area contributed by atoms with Crippen molar-refractivity contribution in [3.8, 4) is 0 Å². The van der Waals surface area contributed by atoms with Gasteiger partial charge in [-0.2, -0.15) is 4.31 Å². The molecule has 0 radical (unpaired) electrons. The molecule has 0 saturated carbocycles. The third kappa shape index (κ3) is 2.36. The molecule has 6 nitrogen and oxygen atoms in total. The highest BCUT2D eigenvalue weighted by Gasteiger charge is 2.41. The van der Waals surface area contributed by atoms with Crippen LogP contribution < -0.4 is 0 Å². The minimum atomic E-state index is -3.72. The van der Waals surface area contributed by atoms with Crippen LogP contribution >= 0.6 is 0 Å². The smallest absolute Gasteiger partial charge is 0.308 e. The molecule has 2 aromatic rings. The van der Waals surface area contributed by atoms with Gasteiger partial charge in [0.05, 0.1) is 10.8 Å². The molecule has 7 heteroatoms. The Bertz CT molecular complexity index is 829. The monoisotopic (exact) mass is 320 g/mol. The van der Waals surface area contributed by atoms with Crippen molar-refractivity contribution in [2.45, 2.75) is 11.8 Å². The van der Waals surface area contributed by atoms with E-state index in [1.54, 1.807) is 43.6 Å². The maximum absolute atomic E-state index is 12.9. The average molecular weight is 320 g/mol. The number of hydrogen-bond donors (Lipinski definition) is 1. The van der Waals surface area contributed by atoms with E-state index in [0.29, 0.717) is 5.39 Å². The lowest BCUT2D eigenvalue weighted by molar-refractivity contribution is -0.142. The topological polar surface area (TPSA) is 87.6 Å². The van der Waals surface area contributed by atoms with Gasteiger partial charge in [0.1, 0.15) is 0 Å². The zero-order chi connectivity index (χ0) is 15.9. The molecule has 1 aliphatic heterocycles. The molecule has 1 N–H and O–H groups in total. The lowest BCUT2D eigenvalue weighted by Crippen LogP contribution is -2.30. The van der Waals surface area contributed by atoms with E-state index < -0.39 is 21.9 Å². The van der Waals surface area contributed by atoms with Crippen LogP contribution in [0.4, 0.5) is 0 Å². The summed E-state index contributed by atoms with van der Waals surface area (Å²) in [6.07, 6.45) is 3.16. The van der Waals surface area contributed by atoms with Gasteiger partial charge in [-0.1, -0.05) is 19.1 Å². The van der Waals surface area contributed by atoms with Gasteiger partial charge in [-0.05, 0) is 18.1 Å². The lowest BCUT2D eigenvalue weighted by atomic mass is 9.99. The molecule has 0 amide bonds. The van der Waals surface area contributed by atoms with Crippen LogP contribution in [0.3, 0.4) is 0 Å². The van der Waals surface area contributed by atoms with Crippen LogP contribution in [0, 0.1) is 11.8 Å². The second-order valence-electron chi connectivity index (χ2n) is 5.60.